The number of hydrogen-bond donors (Lipinski definition) is 1. The molecule has 0 saturated heterocycles. The van der Waals surface area contributed by atoms with Gasteiger partial charge in [-0.1, -0.05) is 35.5 Å². The molecule has 0 bridgehead atoms. The van der Waals surface area contributed by atoms with Gasteiger partial charge in [-0.3, -0.25) is 0 Å². The number of ether oxygens (including phenoxy) is 2. The molecular formula is C25H32N4O4. The molecule has 1 heterocycles. The van der Waals surface area contributed by atoms with E-state index in [9.17, 15) is 4.79 Å². The molecule has 0 fully saturated rings. The second kappa shape index (κ2) is 9.94. The van der Waals surface area contributed by atoms with Crippen molar-refractivity contribution in [1.82, 2.24) is 15.5 Å². The summed E-state index contributed by atoms with van der Waals surface area (Å²) in [6, 6.07) is 18.0. The van der Waals surface area contributed by atoms with Crippen molar-refractivity contribution in [1.29, 1.82) is 0 Å². The van der Waals surface area contributed by atoms with Crippen molar-refractivity contribution in [2.75, 3.05) is 12.0 Å². The smallest absolute Gasteiger partial charge is 0.408 e. The summed E-state index contributed by atoms with van der Waals surface area (Å²) in [5.41, 5.74) is 0.679. The molecule has 0 aliphatic carbocycles. The third-order valence-corrected chi connectivity index (χ3v) is 4.82. The first-order valence-electron chi connectivity index (χ1n) is 10.8. The van der Waals surface area contributed by atoms with Crippen LogP contribution in [-0.4, -0.2) is 28.9 Å². The Bertz CT molecular complexity index is 1040. The third kappa shape index (κ3) is 6.97. The van der Waals surface area contributed by atoms with Crippen LogP contribution in [0, 0.1) is 0 Å². The highest BCUT2D eigenvalue weighted by molar-refractivity contribution is 5.68. The molecule has 0 unspecified atom stereocenters. The number of amides is 1. The maximum atomic E-state index is 12.2. The van der Waals surface area contributed by atoms with Crippen LogP contribution < -0.4 is 15.0 Å². The highest BCUT2D eigenvalue weighted by Crippen LogP contribution is 2.24. The van der Waals surface area contributed by atoms with E-state index in [4.69, 9.17) is 14.0 Å². The van der Waals surface area contributed by atoms with Crippen LogP contribution in [0.15, 0.2) is 59.1 Å². The predicted molar refractivity (Wildman–Crippen MR) is 126 cm³/mol. The number of aromatic nitrogens is 2. The van der Waals surface area contributed by atoms with Crippen molar-refractivity contribution < 1.29 is 18.8 Å². The van der Waals surface area contributed by atoms with Crippen LogP contribution in [0.4, 0.5) is 10.5 Å². The number of benzene rings is 2. The molecule has 3 rings (SSSR count). The fourth-order valence-electron chi connectivity index (χ4n) is 3.19. The number of hydrogen-bond acceptors (Lipinski definition) is 7. The molecule has 1 aromatic heterocycles. The van der Waals surface area contributed by atoms with Gasteiger partial charge in [-0.15, -0.1) is 0 Å². The summed E-state index contributed by atoms with van der Waals surface area (Å²) < 4.78 is 16.2. The van der Waals surface area contributed by atoms with Gasteiger partial charge in [0.05, 0.1) is 13.7 Å². The van der Waals surface area contributed by atoms with Gasteiger partial charge in [0.1, 0.15) is 16.9 Å². The van der Waals surface area contributed by atoms with Gasteiger partial charge < -0.3 is 24.2 Å². The van der Waals surface area contributed by atoms with Crippen LogP contribution in [0.3, 0.4) is 0 Å². The van der Waals surface area contributed by atoms with Crippen molar-refractivity contribution in [2.24, 2.45) is 0 Å². The number of methoxy groups -OCH3 is 1. The monoisotopic (exact) mass is 452 g/mol. The highest BCUT2D eigenvalue weighted by Gasteiger charge is 2.31. The lowest BCUT2D eigenvalue weighted by atomic mass is 10.1. The van der Waals surface area contributed by atoms with E-state index in [1.807, 2.05) is 63.2 Å². The molecule has 0 radical (unpaired) electrons. The second-order valence-corrected chi connectivity index (χ2v) is 9.30. The van der Waals surface area contributed by atoms with E-state index in [-0.39, 0.29) is 0 Å². The first-order chi connectivity index (χ1) is 15.6. The van der Waals surface area contributed by atoms with Gasteiger partial charge in [0, 0.05) is 12.2 Å². The molecule has 1 N–H and O–H groups in total. The first-order valence-corrected chi connectivity index (χ1v) is 10.8. The zero-order chi connectivity index (χ0) is 24.1. The van der Waals surface area contributed by atoms with Crippen LogP contribution in [0.25, 0.3) is 0 Å². The van der Waals surface area contributed by atoms with E-state index in [2.05, 4.69) is 32.5 Å². The Morgan fingerprint density at radius 2 is 1.67 bits per heavy atom. The van der Waals surface area contributed by atoms with Gasteiger partial charge in [0.2, 0.25) is 5.89 Å². The average molecular weight is 453 g/mol. The lowest BCUT2D eigenvalue weighted by molar-refractivity contribution is 0.0465. The zero-order valence-electron chi connectivity index (χ0n) is 20.1. The van der Waals surface area contributed by atoms with Crippen molar-refractivity contribution in [2.45, 2.75) is 58.8 Å². The van der Waals surface area contributed by atoms with Crippen LogP contribution >= 0.6 is 0 Å². The molecule has 0 aliphatic rings. The van der Waals surface area contributed by atoms with Gasteiger partial charge in [0.25, 0.3) is 0 Å². The highest BCUT2D eigenvalue weighted by atomic mass is 16.6. The number of nitrogens with one attached hydrogen (secondary N) is 1. The molecule has 176 valence electrons. The third-order valence-electron chi connectivity index (χ3n) is 4.82. The van der Waals surface area contributed by atoms with Gasteiger partial charge >= 0.3 is 6.09 Å². The Morgan fingerprint density at radius 3 is 2.27 bits per heavy atom. The van der Waals surface area contributed by atoms with Crippen LogP contribution in [0.2, 0.25) is 0 Å². The van der Waals surface area contributed by atoms with Gasteiger partial charge in [-0.05, 0) is 64.4 Å². The number of nitrogens with zero attached hydrogens (tertiary/aromatic N) is 3. The van der Waals surface area contributed by atoms with E-state index in [0.717, 1.165) is 17.0 Å². The predicted octanol–water partition coefficient (Wildman–Crippen LogP) is 5.04. The van der Waals surface area contributed by atoms with Gasteiger partial charge in [-0.25, -0.2) is 4.79 Å². The normalized spacial score (nSPS) is 11.7. The second-order valence-electron chi connectivity index (χ2n) is 9.30. The van der Waals surface area contributed by atoms with Crippen molar-refractivity contribution in [3.8, 4) is 5.75 Å². The van der Waals surface area contributed by atoms with E-state index >= 15 is 0 Å². The van der Waals surface area contributed by atoms with E-state index in [0.29, 0.717) is 24.8 Å². The molecule has 0 aliphatic heterocycles. The first kappa shape index (κ1) is 24.1. The number of carbonyl (C=O) groups is 1. The topological polar surface area (TPSA) is 89.7 Å². The summed E-state index contributed by atoms with van der Waals surface area (Å²) in [6.07, 6.45) is -0.539. The van der Waals surface area contributed by atoms with E-state index in [1.54, 1.807) is 21.0 Å². The van der Waals surface area contributed by atoms with Gasteiger partial charge in [-0.2, -0.15) is 4.98 Å². The Hall–Kier alpha value is -3.55. The van der Waals surface area contributed by atoms with Crippen molar-refractivity contribution in [3.05, 3.63) is 71.9 Å². The van der Waals surface area contributed by atoms with Crippen LogP contribution in [0.5, 0.6) is 5.75 Å². The van der Waals surface area contributed by atoms with Crippen molar-refractivity contribution in [3.63, 3.8) is 0 Å². The maximum Gasteiger partial charge on any atom is 0.408 e. The minimum atomic E-state index is -0.867. The Kier molecular flexibility index (Phi) is 7.26. The summed E-state index contributed by atoms with van der Waals surface area (Å²) in [5, 5.41) is 6.92. The quantitative estimate of drug-likeness (QED) is 0.512. The molecule has 1 amide bonds. The number of alkyl carbamates (subject to hydrolysis) is 1. The van der Waals surface area contributed by atoms with Crippen molar-refractivity contribution >= 4 is 11.8 Å². The van der Waals surface area contributed by atoms with E-state index < -0.39 is 17.2 Å². The SMILES string of the molecule is COc1ccc(N(Cc2ccccc2)Cc2nc(C(C)(C)NC(=O)OC(C)(C)C)no2)cc1. The molecule has 33 heavy (non-hydrogen) atoms. The lowest BCUT2D eigenvalue weighted by Gasteiger charge is -2.26. The van der Waals surface area contributed by atoms with Gasteiger partial charge in [0.15, 0.2) is 5.82 Å². The number of carbonyl (C=O) groups excluding carboxylic acids is 1. The Morgan fingerprint density at radius 1 is 1.00 bits per heavy atom. The minimum Gasteiger partial charge on any atom is -0.497 e. The summed E-state index contributed by atoms with van der Waals surface area (Å²) in [7, 11) is 1.64. The molecule has 8 heteroatoms. The van der Waals surface area contributed by atoms with E-state index in [1.165, 1.54) is 0 Å². The molecule has 8 nitrogen and oxygen atoms in total. The summed E-state index contributed by atoms with van der Waals surface area (Å²) >= 11 is 0. The van der Waals surface area contributed by atoms with Crippen LogP contribution in [0.1, 0.15) is 51.9 Å². The minimum absolute atomic E-state index is 0.373. The maximum absolute atomic E-state index is 12.2. The van der Waals surface area contributed by atoms with Crippen LogP contribution in [-0.2, 0) is 23.4 Å². The summed E-state index contributed by atoms with van der Waals surface area (Å²) in [6.45, 7) is 10.1. The molecule has 2 aromatic carbocycles. The molecule has 3 aromatic rings. The number of rotatable bonds is 8. The fourth-order valence-corrected chi connectivity index (χ4v) is 3.19. The molecular weight excluding hydrogens is 420 g/mol. The average Bonchev–Trinajstić information content (AvgIpc) is 3.22. The lowest BCUT2D eigenvalue weighted by Crippen LogP contribution is -2.44. The summed E-state index contributed by atoms with van der Waals surface area (Å²) in [5.74, 6) is 1.60. The Labute approximate surface area is 194 Å². The molecule has 0 spiro atoms. The zero-order valence-corrected chi connectivity index (χ0v) is 20.1. The standard InChI is InChI=1S/C25H32N4O4/c1-24(2,3)32-23(30)27-25(4,5)22-26-21(33-28-22)17-29(16-18-10-8-7-9-11-18)19-12-14-20(31-6)15-13-19/h7-15H,16-17H2,1-6H3,(H,27,30). The Balaban J connectivity index is 1.78. The summed E-state index contributed by atoms with van der Waals surface area (Å²) in [4.78, 5) is 18.9. The fraction of sp³-hybridized carbons (Fsp3) is 0.400. The molecule has 0 saturated carbocycles. The largest absolute Gasteiger partial charge is 0.497 e. The molecule has 0 atom stereocenters. The number of anilines is 1.